The third-order valence-electron chi connectivity index (χ3n) is 5.60. The van der Waals surface area contributed by atoms with Crippen LogP contribution in [0.2, 0.25) is 0 Å². The Bertz CT molecular complexity index is 1330. The second-order valence-corrected chi connectivity index (χ2v) is 11.8. The molecule has 0 aromatic heterocycles. The van der Waals surface area contributed by atoms with E-state index in [0.717, 1.165) is 27.3 Å². The zero-order valence-corrected chi connectivity index (χ0v) is 21.9. The average molecular weight is 493 g/mol. The van der Waals surface area contributed by atoms with Crippen LogP contribution < -0.4 is 9.62 Å². The number of rotatable bonds is 7. The molecule has 0 bridgehead atoms. The minimum Gasteiger partial charge on any atom is -0.324 e. The van der Waals surface area contributed by atoms with Crippen molar-refractivity contribution in [3.63, 3.8) is 0 Å². The Morgan fingerprint density at radius 2 is 1.46 bits per heavy atom. The summed E-state index contributed by atoms with van der Waals surface area (Å²) in [5.74, 6) is -0.664. The third kappa shape index (κ3) is 6.79. The minimum absolute atomic E-state index is 0.0111. The molecule has 0 aliphatic heterocycles. The molecule has 0 saturated carbocycles. The SMILES string of the molecule is Cc1cc(C)cc(N(CC(=O)Nc2cccc(C(=O)c3ccc(C(C)(C)C)cc3)c2)S(C)(=O)=O)c1. The number of hydrogen-bond donors (Lipinski definition) is 1. The highest BCUT2D eigenvalue weighted by atomic mass is 32.2. The Hall–Kier alpha value is -3.45. The lowest BCUT2D eigenvalue weighted by molar-refractivity contribution is -0.114. The standard InChI is InChI=1S/C28H32N2O4S/c1-19-14-20(2)16-25(15-19)30(35(6,33)34)18-26(31)29-24-9-7-8-22(17-24)27(32)21-10-12-23(13-11-21)28(3,4)5/h7-17H,18H2,1-6H3,(H,29,31). The molecular weight excluding hydrogens is 460 g/mol. The quantitative estimate of drug-likeness (QED) is 0.458. The van der Waals surface area contributed by atoms with Gasteiger partial charge in [-0.3, -0.25) is 13.9 Å². The number of ketones is 1. The molecule has 0 atom stereocenters. The number of benzene rings is 3. The molecule has 6 nitrogen and oxygen atoms in total. The zero-order chi connectivity index (χ0) is 26.0. The van der Waals surface area contributed by atoms with E-state index in [0.29, 0.717) is 22.5 Å². The topological polar surface area (TPSA) is 83.6 Å². The van der Waals surface area contributed by atoms with Gasteiger partial charge in [-0.05, 0) is 60.2 Å². The van der Waals surface area contributed by atoms with Crippen molar-refractivity contribution in [1.29, 1.82) is 0 Å². The fourth-order valence-electron chi connectivity index (χ4n) is 3.85. The van der Waals surface area contributed by atoms with Crippen LogP contribution >= 0.6 is 0 Å². The first kappa shape index (κ1) is 26.2. The van der Waals surface area contributed by atoms with Crippen LogP contribution in [0.5, 0.6) is 0 Å². The highest BCUT2D eigenvalue weighted by Gasteiger charge is 2.22. The van der Waals surface area contributed by atoms with Crippen LogP contribution in [0.15, 0.2) is 66.7 Å². The lowest BCUT2D eigenvalue weighted by Gasteiger charge is -2.23. The molecule has 3 aromatic rings. The van der Waals surface area contributed by atoms with Crippen LogP contribution in [-0.2, 0) is 20.2 Å². The fourth-order valence-corrected chi connectivity index (χ4v) is 4.69. The molecule has 35 heavy (non-hydrogen) atoms. The van der Waals surface area contributed by atoms with Gasteiger partial charge in [0, 0.05) is 16.8 Å². The van der Waals surface area contributed by atoms with Crippen LogP contribution in [0.1, 0.15) is 53.4 Å². The van der Waals surface area contributed by atoms with Gasteiger partial charge in [0.1, 0.15) is 6.54 Å². The predicted octanol–water partition coefficient (Wildman–Crippen LogP) is 5.24. The van der Waals surface area contributed by atoms with Crippen molar-refractivity contribution < 1.29 is 18.0 Å². The second kappa shape index (κ2) is 10.0. The maximum absolute atomic E-state index is 13.0. The van der Waals surface area contributed by atoms with Crippen molar-refractivity contribution >= 4 is 33.1 Å². The van der Waals surface area contributed by atoms with Crippen LogP contribution in [-0.4, -0.2) is 32.9 Å². The second-order valence-electron chi connectivity index (χ2n) is 9.90. The van der Waals surface area contributed by atoms with Crippen LogP contribution in [0.4, 0.5) is 11.4 Å². The first-order valence-electron chi connectivity index (χ1n) is 11.4. The fraction of sp³-hybridized carbons (Fsp3) is 0.286. The number of carbonyl (C=O) groups is 2. The van der Waals surface area contributed by atoms with Crippen LogP contribution in [0.3, 0.4) is 0 Å². The first-order valence-corrected chi connectivity index (χ1v) is 13.2. The molecule has 0 fully saturated rings. The summed E-state index contributed by atoms with van der Waals surface area (Å²) in [4.78, 5) is 25.8. The Balaban J connectivity index is 1.78. The van der Waals surface area contributed by atoms with Gasteiger partial charge < -0.3 is 5.32 Å². The largest absolute Gasteiger partial charge is 0.324 e. The summed E-state index contributed by atoms with van der Waals surface area (Å²) in [6.45, 7) is 9.70. The van der Waals surface area contributed by atoms with E-state index in [1.54, 1.807) is 36.4 Å². The maximum atomic E-state index is 13.0. The molecular formula is C28H32N2O4S. The van der Waals surface area contributed by atoms with E-state index in [4.69, 9.17) is 0 Å². The van der Waals surface area contributed by atoms with Gasteiger partial charge >= 0.3 is 0 Å². The van der Waals surface area contributed by atoms with Gasteiger partial charge in [0.05, 0.1) is 11.9 Å². The summed E-state index contributed by atoms with van der Waals surface area (Å²) >= 11 is 0. The van der Waals surface area contributed by atoms with Crippen molar-refractivity contribution in [2.24, 2.45) is 0 Å². The summed E-state index contributed by atoms with van der Waals surface area (Å²) in [5.41, 5.74) is 4.76. The highest BCUT2D eigenvalue weighted by Crippen LogP contribution is 2.24. The number of nitrogens with zero attached hydrogens (tertiary/aromatic N) is 1. The Labute approximate surface area is 208 Å². The molecule has 0 spiro atoms. The number of anilines is 2. The van der Waals surface area contributed by atoms with Crippen molar-refractivity contribution in [2.45, 2.75) is 40.0 Å². The normalized spacial score (nSPS) is 11.7. The monoisotopic (exact) mass is 492 g/mol. The molecule has 0 aliphatic rings. The molecule has 7 heteroatoms. The minimum atomic E-state index is -3.69. The van der Waals surface area contributed by atoms with Gasteiger partial charge in [0.25, 0.3) is 0 Å². The first-order chi connectivity index (χ1) is 16.2. The van der Waals surface area contributed by atoms with E-state index in [2.05, 4.69) is 26.1 Å². The van der Waals surface area contributed by atoms with E-state index in [-0.39, 0.29) is 17.7 Å². The summed E-state index contributed by atoms with van der Waals surface area (Å²) < 4.78 is 25.9. The Morgan fingerprint density at radius 1 is 0.857 bits per heavy atom. The number of hydrogen-bond acceptors (Lipinski definition) is 4. The Kier molecular flexibility index (Phi) is 7.50. The molecule has 184 valence electrons. The lowest BCUT2D eigenvalue weighted by Crippen LogP contribution is -2.37. The molecule has 3 rings (SSSR count). The smallest absolute Gasteiger partial charge is 0.245 e. The third-order valence-corrected chi connectivity index (χ3v) is 6.74. The van der Waals surface area contributed by atoms with Crippen LogP contribution in [0.25, 0.3) is 0 Å². The molecule has 3 aromatic carbocycles. The predicted molar refractivity (Wildman–Crippen MR) is 142 cm³/mol. The molecule has 0 radical (unpaired) electrons. The van der Waals surface area contributed by atoms with Crippen molar-refractivity contribution in [3.8, 4) is 0 Å². The van der Waals surface area contributed by atoms with E-state index in [1.807, 2.05) is 44.2 Å². The number of aryl methyl sites for hydroxylation is 2. The average Bonchev–Trinajstić information content (AvgIpc) is 2.75. The van der Waals surface area contributed by atoms with Gasteiger partial charge in [-0.15, -0.1) is 0 Å². The molecule has 1 N–H and O–H groups in total. The van der Waals surface area contributed by atoms with Gasteiger partial charge in [-0.25, -0.2) is 8.42 Å². The summed E-state index contributed by atoms with van der Waals surface area (Å²) in [5, 5.41) is 2.72. The molecule has 0 unspecified atom stereocenters. The molecule has 0 heterocycles. The van der Waals surface area contributed by atoms with E-state index in [1.165, 1.54) is 0 Å². The Morgan fingerprint density at radius 3 is 2.00 bits per heavy atom. The number of amides is 1. The summed E-state index contributed by atoms with van der Waals surface area (Å²) in [7, 11) is -3.69. The zero-order valence-electron chi connectivity index (χ0n) is 21.0. The van der Waals surface area contributed by atoms with Crippen molar-refractivity contribution in [1.82, 2.24) is 0 Å². The maximum Gasteiger partial charge on any atom is 0.245 e. The summed E-state index contributed by atoms with van der Waals surface area (Å²) in [6.07, 6.45) is 1.07. The number of sulfonamides is 1. The molecule has 0 saturated heterocycles. The van der Waals surface area contributed by atoms with Crippen molar-refractivity contribution in [2.75, 3.05) is 22.4 Å². The van der Waals surface area contributed by atoms with Gasteiger partial charge in [-0.2, -0.15) is 0 Å². The number of nitrogens with one attached hydrogen (secondary N) is 1. The highest BCUT2D eigenvalue weighted by molar-refractivity contribution is 7.92. The summed E-state index contributed by atoms with van der Waals surface area (Å²) in [6, 6.07) is 19.5. The number of carbonyl (C=O) groups excluding carboxylic acids is 2. The van der Waals surface area contributed by atoms with Gasteiger partial charge in [-0.1, -0.05) is 63.2 Å². The molecule has 0 aliphatic carbocycles. The van der Waals surface area contributed by atoms with E-state index < -0.39 is 15.9 Å². The lowest BCUT2D eigenvalue weighted by atomic mass is 9.86. The van der Waals surface area contributed by atoms with E-state index >= 15 is 0 Å². The van der Waals surface area contributed by atoms with Gasteiger partial charge in [0.15, 0.2) is 5.78 Å². The van der Waals surface area contributed by atoms with E-state index in [9.17, 15) is 18.0 Å². The van der Waals surface area contributed by atoms with Crippen LogP contribution in [0, 0.1) is 13.8 Å². The van der Waals surface area contributed by atoms with Gasteiger partial charge in [0.2, 0.25) is 15.9 Å². The van der Waals surface area contributed by atoms with Crippen molar-refractivity contribution in [3.05, 3.63) is 94.5 Å². The molecule has 1 amide bonds.